The molecule has 4 rings (SSSR count). The first-order chi connectivity index (χ1) is 14.2. The number of piperidine rings is 1. The summed E-state index contributed by atoms with van der Waals surface area (Å²) in [6.45, 7) is 0.625. The molecule has 0 saturated carbocycles. The normalized spacial score (nSPS) is 28.6. The van der Waals surface area contributed by atoms with Crippen LogP contribution in [0.25, 0.3) is 0 Å². The number of aromatic nitrogens is 2. The maximum absolute atomic E-state index is 12.5. The Morgan fingerprint density at radius 3 is 2.70 bits per heavy atom. The maximum atomic E-state index is 12.5. The molecule has 1 aromatic rings. The van der Waals surface area contributed by atoms with Crippen LogP contribution in [0.3, 0.4) is 0 Å². The molecule has 4 amide bonds. The van der Waals surface area contributed by atoms with E-state index in [1.165, 1.54) is 0 Å². The molecule has 4 N–H and O–H groups in total. The molecule has 3 aliphatic rings. The minimum absolute atomic E-state index is 0.0257. The fraction of sp³-hybridized carbons (Fsp3) is 0.600. The van der Waals surface area contributed by atoms with Crippen molar-refractivity contribution in [3.63, 3.8) is 0 Å². The van der Waals surface area contributed by atoms with Gasteiger partial charge < -0.3 is 10.2 Å². The van der Waals surface area contributed by atoms with E-state index in [-0.39, 0.29) is 19.0 Å². The molecule has 0 aromatic carbocycles. The largest absolute Gasteiger partial charge is 0.418 e. The second-order valence-corrected chi connectivity index (χ2v) is 8.33. The van der Waals surface area contributed by atoms with E-state index in [1.807, 2.05) is 6.20 Å². The number of hydrogen-bond acceptors (Lipinski definition) is 8. The summed E-state index contributed by atoms with van der Waals surface area (Å²) in [5, 5.41) is 7.78. The third-order valence-electron chi connectivity index (χ3n) is 5.43. The van der Waals surface area contributed by atoms with Crippen LogP contribution in [0.2, 0.25) is 0 Å². The number of fused-ring (bicyclic) bond motifs is 2. The molecule has 3 fully saturated rings. The zero-order valence-electron chi connectivity index (χ0n) is 15.7. The van der Waals surface area contributed by atoms with Crippen LogP contribution in [0.15, 0.2) is 18.5 Å². The summed E-state index contributed by atoms with van der Waals surface area (Å²) in [6.07, 6.45) is 4.50. The number of hydrazine groups is 1. The van der Waals surface area contributed by atoms with Crippen LogP contribution < -0.4 is 16.2 Å². The molecule has 0 spiro atoms. The van der Waals surface area contributed by atoms with Gasteiger partial charge in [-0.25, -0.2) is 4.79 Å². The average Bonchev–Trinajstić information content (AvgIpc) is 3.43. The fourth-order valence-corrected chi connectivity index (χ4v) is 4.40. The molecular formula is C15H21N7O7S. The molecule has 2 bridgehead atoms. The van der Waals surface area contributed by atoms with Gasteiger partial charge in [-0.05, 0) is 25.3 Å². The standard InChI is InChI=1S/C15H21N7O7S/c23-13(11-6-10(7-16-11)21-5-1-4-17-21)18-19-14(24)12-3-2-9-8-20(12)15(25)22(9)29-30(26,27)28/h1,4-5,9-12,16H,2-3,6-8H2,(H,18,23)(H,19,24)(H,26,27,28)/t9?,10-,11?,12+/m1/s1. The van der Waals surface area contributed by atoms with Crippen LogP contribution in [-0.2, 0) is 24.3 Å². The molecule has 4 atom stereocenters. The third kappa shape index (κ3) is 4.09. The Bertz CT molecular complexity index is 937. The lowest BCUT2D eigenvalue weighted by Crippen LogP contribution is -2.56. The molecule has 164 valence electrons. The van der Waals surface area contributed by atoms with Gasteiger partial charge >= 0.3 is 16.4 Å². The lowest BCUT2D eigenvalue weighted by Gasteiger charge is -2.29. The lowest BCUT2D eigenvalue weighted by atomic mass is 10.0. The number of urea groups is 1. The topological polar surface area (TPSA) is 175 Å². The van der Waals surface area contributed by atoms with Gasteiger partial charge in [0.15, 0.2) is 0 Å². The summed E-state index contributed by atoms with van der Waals surface area (Å²) in [5.41, 5.74) is 4.68. The minimum atomic E-state index is -4.86. The Hall–Kier alpha value is -2.75. The van der Waals surface area contributed by atoms with E-state index >= 15 is 0 Å². The van der Waals surface area contributed by atoms with Gasteiger partial charge in [-0.3, -0.25) is 29.7 Å². The molecule has 30 heavy (non-hydrogen) atoms. The van der Waals surface area contributed by atoms with Crippen LogP contribution >= 0.6 is 0 Å². The van der Waals surface area contributed by atoms with Crippen molar-refractivity contribution < 1.29 is 31.6 Å². The van der Waals surface area contributed by atoms with E-state index in [9.17, 15) is 22.8 Å². The van der Waals surface area contributed by atoms with Crippen molar-refractivity contribution in [3.05, 3.63) is 18.5 Å². The first-order valence-electron chi connectivity index (χ1n) is 9.32. The van der Waals surface area contributed by atoms with Crippen LogP contribution in [0.1, 0.15) is 25.3 Å². The van der Waals surface area contributed by atoms with E-state index in [2.05, 4.69) is 25.6 Å². The summed E-state index contributed by atoms with van der Waals surface area (Å²) in [7, 11) is -4.86. The SMILES string of the molecule is O=C(NNC(=O)[C@@H]1CCC2CN1C(=O)N2OS(=O)(=O)O)C1C[C@@H](n2cccn2)CN1. The van der Waals surface area contributed by atoms with Gasteiger partial charge in [-0.2, -0.15) is 18.6 Å². The fourth-order valence-electron chi connectivity index (χ4n) is 4.01. The highest BCUT2D eigenvalue weighted by Gasteiger charge is 2.49. The Kier molecular flexibility index (Phi) is 5.35. The molecular weight excluding hydrogens is 422 g/mol. The summed E-state index contributed by atoms with van der Waals surface area (Å²) in [5.74, 6) is -1.03. The van der Waals surface area contributed by atoms with Crippen molar-refractivity contribution >= 4 is 28.2 Å². The van der Waals surface area contributed by atoms with Gasteiger partial charge in [0.2, 0.25) is 0 Å². The second kappa shape index (κ2) is 7.82. The van der Waals surface area contributed by atoms with Crippen LogP contribution in [0.4, 0.5) is 4.79 Å². The van der Waals surface area contributed by atoms with E-state index in [0.717, 1.165) is 4.90 Å². The number of nitrogens with one attached hydrogen (secondary N) is 3. The lowest BCUT2D eigenvalue weighted by molar-refractivity contribution is -0.132. The van der Waals surface area contributed by atoms with Gasteiger partial charge in [0.25, 0.3) is 11.8 Å². The molecule has 14 nitrogen and oxygen atoms in total. The third-order valence-corrected chi connectivity index (χ3v) is 5.78. The van der Waals surface area contributed by atoms with Gasteiger partial charge in [0.05, 0.1) is 18.1 Å². The first-order valence-corrected chi connectivity index (χ1v) is 10.7. The van der Waals surface area contributed by atoms with Crippen molar-refractivity contribution in [1.82, 2.24) is 35.9 Å². The number of nitrogens with zero attached hydrogens (tertiary/aromatic N) is 4. The molecule has 4 heterocycles. The predicted molar refractivity (Wildman–Crippen MR) is 97.3 cm³/mol. The summed E-state index contributed by atoms with van der Waals surface area (Å²) in [4.78, 5) is 38.4. The summed E-state index contributed by atoms with van der Waals surface area (Å²) < 4.78 is 36.7. The molecule has 15 heteroatoms. The van der Waals surface area contributed by atoms with Crippen molar-refractivity contribution in [2.45, 2.75) is 43.4 Å². The van der Waals surface area contributed by atoms with E-state index < -0.39 is 46.4 Å². The minimum Gasteiger partial charge on any atom is -0.309 e. The molecule has 0 aliphatic carbocycles. The molecule has 1 aromatic heterocycles. The second-order valence-electron chi connectivity index (χ2n) is 7.32. The molecule has 0 radical (unpaired) electrons. The number of amides is 4. The van der Waals surface area contributed by atoms with Crippen LogP contribution in [0.5, 0.6) is 0 Å². The Balaban J connectivity index is 1.29. The monoisotopic (exact) mass is 443 g/mol. The van der Waals surface area contributed by atoms with Crippen LogP contribution in [0, 0.1) is 0 Å². The zero-order valence-corrected chi connectivity index (χ0v) is 16.5. The number of carbonyl (C=O) groups excluding carboxylic acids is 3. The van der Waals surface area contributed by atoms with E-state index in [0.29, 0.717) is 24.4 Å². The van der Waals surface area contributed by atoms with E-state index in [4.69, 9.17) is 4.55 Å². The van der Waals surface area contributed by atoms with Crippen LogP contribution in [-0.4, -0.2) is 81.8 Å². The molecule has 3 aliphatic heterocycles. The van der Waals surface area contributed by atoms with Crippen molar-refractivity contribution in [3.8, 4) is 0 Å². The van der Waals surface area contributed by atoms with Crippen molar-refractivity contribution in [2.24, 2.45) is 0 Å². The van der Waals surface area contributed by atoms with Gasteiger partial charge in [0.1, 0.15) is 6.04 Å². The summed E-state index contributed by atoms with van der Waals surface area (Å²) >= 11 is 0. The van der Waals surface area contributed by atoms with Gasteiger partial charge in [0, 0.05) is 25.5 Å². The molecule has 3 saturated heterocycles. The van der Waals surface area contributed by atoms with Gasteiger partial charge in [-0.15, -0.1) is 4.28 Å². The highest BCUT2D eigenvalue weighted by Crippen LogP contribution is 2.30. The number of hydroxylamine groups is 2. The Labute approximate surface area is 171 Å². The number of rotatable bonds is 5. The Morgan fingerprint density at radius 2 is 2.00 bits per heavy atom. The summed E-state index contributed by atoms with van der Waals surface area (Å²) in [6, 6.07) is -1.04. The van der Waals surface area contributed by atoms with Gasteiger partial charge in [-0.1, -0.05) is 0 Å². The molecule has 2 unspecified atom stereocenters. The van der Waals surface area contributed by atoms with Crippen molar-refractivity contribution in [1.29, 1.82) is 0 Å². The van der Waals surface area contributed by atoms with Crippen molar-refractivity contribution in [2.75, 3.05) is 13.1 Å². The predicted octanol–water partition coefficient (Wildman–Crippen LogP) is -2.06. The first kappa shape index (κ1) is 20.5. The Morgan fingerprint density at radius 1 is 1.23 bits per heavy atom. The highest BCUT2D eigenvalue weighted by atomic mass is 32.3. The highest BCUT2D eigenvalue weighted by molar-refractivity contribution is 7.80. The maximum Gasteiger partial charge on any atom is 0.418 e. The zero-order chi connectivity index (χ0) is 21.5. The smallest absolute Gasteiger partial charge is 0.309 e. The quantitative estimate of drug-likeness (QED) is 0.294. The van der Waals surface area contributed by atoms with E-state index in [1.54, 1.807) is 16.9 Å². The number of carbonyl (C=O) groups is 3. The number of hydrogen-bond donors (Lipinski definition) is 4. The average molecular weight is 443 g/mol.